The fourth-order valence-corrected chi connectivity index (χ4v) is 2.55. The van der Waals surface area contributed by atoms with Gasteiger partial charge in [-0.25, -0.2) is 0 Å². The molecule has 0 aromatic heterocycles. The van der Waals surface area contributed by atoms with Crippen molar-refractivity contribution in [3.63, 3.8) is 0 Å². The van der Waals surface area contributed by atoms with Gasteiger partial charge in [0.15, 0.2) is 23.1 Å². The highest BCUT2D eigenvalue weighted by molar-refractivity contribution is 6.40. The van der Waals surface area contributed by atoms with Gasteiger partial charge in [0.25, 0.3) is 0 Å². The minimum atomic E-state index is -0.204. The molecule has 1 aromatic carbocycles. The van der Waals surface area contributed by atoms with Crippen LogP contribution in [-0.4, -0.2) is 25.8 Å². The first-order valence-corrected chi connectivity index (χ1v) is 6.66. The van der Waals surface area contributed by atoms with Crippen molar-refractivity contribution in [3.05, 3.63) is 34.4 Å². The standard InChI is InChI=1S/C16H18O4/c1-5-9(6-2)14-15(17)10-7-12(19-3)13(20-4)8-11(10)16(14)18/h7-8H,5-6H2,1-4H3. The minimum Gasteiger partial charge on any atom is -0.493 e. The second-order valence-corrected chi connectivity index (χ2v) is 4.60. The zero-order chi connectivity index (χ0) is 14.9. The molecule has 0 aliphatic heterocycles. The van der Waals surface area contributed by atoms with Crippen LogP contribution >= 0.6 is 0 Å². The number of methoxy groups -OCH3 is 2. The molecule has 0 fully saturated rings. The Labute approximate surface area is 118 Å². The maximum atomic E-state index is 12.5. The lowest BCUT2D eigenvalue weighted by atomic mass is 9.99. The lowest BCUT2D eigenvalue weighted by Gasteiger charge is -2.08. The van der Waals surface area contributed by atoms with Gasteiger partial charge in [0, 0.05) is 11.1 Å². The van der Waals surface area contributed by atoms with E-state index in [4.69, 9.17) is 9.47 Å². The van der Waals surface area contributed by atoms with Crippen LogP contribution in [0.4, 0.5) is 0 Å². The van der Waals surface area contributed by atoms with Crippen molar-refractivity contribution in [1.29, 1.82) is 0 Å². The summed E-state index contributed by atoms with van der Waals surface area (Å²) in [6.45, 7) is 3.91. The van der Waals surface area contributed by atoms with Gasteiger partial charge in [-0.3, -0.25) is 9.59 Å². The molecule has 1 aliphatic carbocycles. The van der Waals surface area contributed by atoms with Crippen molar-refractivity contribution in [3.8, 4) is 11.5 Å². The second kappa shape index (κ2) is 5.49. The molecule has 0 bridgehead atoms. The molecule has 0 N–H and O–H groups in total. The van der Waals surface area contributed by atoms with Crippen LogP contribution in [0.25, 0.3) is 0 Å². The number of carbonyl (C=O) groups is 2. The van der Waals surface area contributed by atoms with E-state index < -0.39 is 0 Å². The highest BCUT2D eigenvalue weighted by Crippen LogP contribution is 2.37. The monoisotopic (exact) mass is 274 g/mol. The number of ketones is 2. The maximum absolute atomic E-state index is 12.5. The van der Waals surface area contributed by atoms with Gasteiger partial charge >= 0.3 is 0 Å². The summed E-state index contributed by atoms with van der Waals surface area (Å²) in [4.78, 5) is 24.9. The Hall–Kier alpha value is -2.10. The predicted molar refractivity (Wildman–Crippen MR) is 75.8 cm³/mol. The van der Waals surface area contributed by atoms with Gasteiger partial charge in [-0.1, -0.05) is 19.4 Å². The largest absolute Gasteiger partial charge is 0.493 e. The number of ether oxygens (including phenoxy) is 2. The van der Waals surface area contributed by atoms with Crippen molar-refractivity contribution in [2.24, 2.45) is 0 Å². The van der Waals surface area contributed by atoms with Crippen molar-refractivity contribution in [2.45, 2.75) is 26.7 Å². The van der Waals surface area contributed by atoms with Gasteiger partial charge in [-0.2, -0.15) is 0 Å². The molecule has 0 saturated carbocycles. The Kier molecular flexibility index (Phi) is 3.93. The summed E-state index contributed by atoms with van der Waals surface area (Å²) in [5.41, 5.74) is 2.03. The zero-order valence-electron chi connectivity index (χ0n) is 12.2. The van der Waals surface area contributed by atoms with Crippen LogP contribution in [0.15, 0.2) is 23.3 Å². The van der Waals surface area contributed by atoms with Crippen molar-refractivity contribution >= 4 is 11.6 Å². The number of benzene rings is 1. The van der Waals surface area contributed by atoms with Crippen LogP contribution in [0.5, 0.6) is 11.5 Å². The van der Waals surface area contributed by atoms with E-state index in [2.05, 4.69) is 0 Å². The average Bonchev–Trinajstić information content (AvgIpc) is 2.71. The summed E-state index contributed by atoms with van der Waals surface area (Å²) < 4.78 is 10.4. The molecule has 1 aliphatic rings. The number of Topliss-reactive ketones (excluding diaryl/α,β-unsaturated/α-hetero) is 2. The van der Waals surface area contributed by atoms with Crippen molar-refractivity contribution in [1.82, 2.24) is 0 Å². The lowest BCUT2D eigenvalue weighted by Crippen LogP contribution is -2.05. The topological polar surface area (TPSA) is 52.6 Å². The van der Waals surface area contributed by atoms with Crippen LogP contribution in [-0.2, 0) is 0 Å². The minimum absolute atomic E-state index is 0.204. The summed E-state index contributed by atoms with van der Waals surface area (Å²) in [6.07, 6.45) is 1.40. The highest BCUT2D eigenvalue weighted by atomic mass is 16.5. The quantitative estimate of drug-likeness (QED) is 0.625. The van der Waals surface area contributed by atoms with Gasteiger partial charge in [0.2, 0.25) is 0 Å². The molecule has 2 rings (SSSR count). The van der Waals surface area contributed by atoms with E-state index in [0.29, 0.717) is 41.0 Å². The van der Waals surface area contributed by atoms with E-state index in [9.17, 15) is 9.59 Å². The number of hydrogen-bond acceptors (Lipinski definition) is 4. The first kappa shape index (κ1) is 14.3. The molecule has 0 radical (unpaired) electrons. The van der Waals surface area contributed by atoms with Gasteiger partial charge in [-0.05, 0) is 25.0 Å². The Bertz CT molecular complexity index is 560. The van der Waals surface area contributed by atoms with Crippen molar-refractivity contribution in [2.75, 3.05) is 14.2 Å². The normalized spacial score (nSPS) is 13.5. The SMILES string of the molecule is CCC(CC)=C1C(=O)c2cc(OC)c(OC)cc2C1=O. The van der Waals surface area contributed by atoms with E-state index in [1.54, 1.807) is 12.1 Å². The highest BCUT2D eigenvalue weighted by Gasteiger charge is 2.36. The van der Waals surface area contributed by atoms with E-state index in [-0.39, 0.29) is 11.6 Å². The molecule has 20 heavy (non-hydrogen) atoms. The number of carbonyl (C=O) groups excluding carboxylic acids is 2. The van der Waals surface area contributed by atoms with Crippen LogP contribution in [0.1, 0.15) is 47.4 Å². The molecule has 4 nitrogen and oxygen atoms in total. The molecule has 0 heterocycles. The molecule has 1 aromatic rings. The molecular formula is C16H18O4. The maximum Gasteiger partial charge on any atom is 0.197 e. The van der Waals surface area contributed by atoms with Crippen LogP contribution in [0.2, 0.25) is 0 Å². The van der Waals surface area contributed by atoms with Gasteiger partial charge in [-0.15, -0.1) is 0 Å². The van der Waals surface area contributed by atoms with Crippen molar-refractivity contribution < 1.29 is 19.1 Å². The van der Waals surface area contributed by atoms with Crippen LogP contribution in [0.3, 0.4) is 0 Å². The first-order valence-electron chi connectivity index (χ1n) is 6.66. The summed E-state index contributed by atoms with van der Waals surface area (Å²) in [5, 5.41) is 0. The Morgan fingerprint density at radius 2 is 1.30 bits per heavy atom. The second-order valence-electron chi connectivity index (χ2n) is 4.60. The van der Waals surface area contributed by atoms with Crippen LogP contribution in [0, 0.1) is 0 Å². The Balaban J connectivity index is 2.66. The number of fused-ring (bicyclic) bond motifs is 1. The van der Waals surface area contributed by atoms with E-state index in [0.717, 1.165) is 5.57 Å². The van der Waals surface area contributed by atoms with Crippen LogP contribution < -0.4 is 9.47 Å². The molecule has 0 spiro atoms. The van der Waals surface area contributed by atoms with Gasteiger partial charge in [0.05, 0.1) is 19.8 Å². The summed E-state index contributed by atoms with van der Waals surface area (Å²) in [5.74, 6) is 0.515. The number of hydrogen-bond donors (Lipinski definition) is 0. The third-order valence-electron chi connectivity index (χ3n) is 3.67. The molecule has 0 amide bonds. The third-order valence-corrected chi connectivity index (χ3v) is 3.67. The molecular weight excluding hydrogens is 256 g/mol. The smallest absolute Gasteiger partial charge is 0.197 e. The Morgan fingerprint density at radius 1 is 0.900 bits per heavy atom. The molecule has 106 valence electrons. The number of allylic oxidation sites excluding steroid dienone is 2. The molecule has 0 atom stereocenters. The number of rotatable bonds is 4. The van der Waals surface area contributed by atoms with E-state index in [1.807, 2.05) is 13.8 Å². The summed E-state index contributed by atoms with van der Waals surface area (Å²) in [7, 11) is 3.01. The van der Waals surface area contributed by atoms with E-state index >= 15 is 0 Å². The zero-order valence-corrected chi connectivity index (χ0v) is 12.2. The van der Waals surface area contributed by atoms with Gasteiger partial charge in [0.1, 0.15) is 0 Å². The first-order chi connectivity index (χ1) is 9.58. The lowest BCUT2D eigenvalue weighted by molar-refractivity contribution is 0.0986. The summed E-state index contributed by atoms with van der Waals surface area (Å²) in [6, 6.07) is 3.18. The molecule has 0 saturated heterocycles. The van der Waals surface area contributed by atoms with Gasteiger partial charge < -0.3 is 9.47 Å². The molecule has 4 heteroatoms. The molecule has 0 unspecified atom stereocenters. The average molecular weight is 274 g/mol. The fraction of sp³-hybridized carbons (Fsp3) is 0.375. The van der Waals surface area contributed by atoms with E-state index in [1.165, 1.54) is 14.2 Å². The summed E-state index contributed by atoms with van der Waals surface area (Å²) >= 11 is 0. The predicted octanol–water partition coefficient (Wildman–Crippen LogP) is 3.20. The fourth-order valence-electron chi connectivity index (χ4n) is 2.55. The third kappa shape index (κ3) is 2.01. The Morgan fingerprint density at radius 3 is 1.60 bits per heavy atom.